The summed E-state index contributed by atoms with van der Waals surface area (Å²) in [4.78, 5) is 17.1. The molecule has 15 nitrogen and oxygen atoms in total. The Balaban J connectivity index is -0.000000125. The minimum atomic E-state index is -1.83. The van der Waals surface area contributed by atoms with Gasteiger partial charge in [0.05, 0.1) is 0 Å². The largest absolute Gasteiger partial charge is 0.503 e. The van der Waals surface area contributed by atoms with Crippen LogP contribution >= 0.6 is 0 Å². The Morgan fingerprint density at radius 3 is 0.737 bits per heavy atom. The molecule has 15 heteroatoms. The third kappa shape index (κ3) is 76.5. The van der Waals surface area contributed by atoms with Crippen molar-refractivity contribution in [3.8, 4) is 0 Å². The molecule has 234 valence electrons. The zero-order valence-electron chi connectivity index (χ0n) is 22.9. The number of carbonyl (C=O) groups is 2. The van der Waals surface area contributed by atoms with E-state index in [0.29, 0.717) is 19.6 Å². The molecule has 0 aliphatic carbocycles. The first-order valence-electron chi connectivity index (χ1n) is 12.9. The van der Waals surface area contributed by atoms with Crippen molar-refractivity contribution in [2.75, 3.05) is 39.5 Å². The molecule has 3 unspecified atom stereocenters. The molecular formula is C23H58N6O9. The van der Waals surface area contributed by atoms with Crippen LogP contribution < -0.4 is 34.4 Å². The molecule has 0 saturated carbocycles. The highest BCUT2D eigenvalue weighted by Gasteiger charge is 2.01. The summed E-state index contributed by atoms with van der Waals surface area (Å²) in [6, 6.07) is 0.696. The van der Waals surface area contributed by atoms with Crippen molar-refractivity contribution in [2.24, 2.45) is 34.4 Å². The molecule has 0 saturated heterocycles. The Bertz CT molecular complexity index is 369. The summed E-state index contributed by atoms with van der Waals surface area (Å²) in [5.41, 5.74) is 32.9. The first kappa shape index (κ1) is 46.1. The fourth-order valence-electron chi connectivity index (χ4n) is 2.63. The van der Waals surface area contributed by atoms with E-state index in [0.717, 1.165) is 77.0 Å². The van der Waals surface area contributed by atoms with Gasteiger partial charge in [-0.05, 0) is 96.7 Å². The molecule has 0 aliphatic rings. The number of aliphatic hydroxyl groups excluding tert-OH is 3. The zero-order valence-corrected chi connectivity index (χ0v) is 22.9. The van der Waals surface area contributed by atoms with Crippen molar-refractivity contribution in [3.63, 3.8) is 0 Å². The van der Waals surface area contributed by atoms with E-state index in [1.807, 2.05) is 0 Å². The number of nitrogens with two attached hydrogens (primary N) is 6. The molecule has 0 amide bonds. The van der Waals surface area contributed by atoms with E-state index in [1.165, 1.54) is 0 Å². The Morgan fingerprint density at radius 2 is 0.605 bits per heavy atom. The molecule has 0 heterocycles. The van der Waals surface area contributed by atoms with E-state index >= 15 is 0 Å². The monoisotopic (exact) mass is 562 g/mol. The first-order valence-corrected chi connectivity index (χ1v) is 12.9. The average Bonchev–Trinajstić information content (AvgIpc) is 2.85. The maximum absolute atomic E-state index is 8.56. The number of rotatable bonds is 18. The van der Waals surface area contributed by atoms with E-state index in [1.54, 1.807) is 0 Å². The zero-order chi connectivity index (χ0) is 30.6. The molecule has 0 aliphatic heterocycles. The number of carboxylic acid groups (broad SMARTS) is 4. The minimum absolute atomic E-state index is 0.232. The standard InChI is InChI=1S/3C7H18N2O.2CH2O3/c3*8-5-1-3-7(9)4-2-6-10;2*2-1(3)4/h3*7,10H,1-6,8-9H2;2*(H2,2,3,4). The van der Waals surface area contributed by atoms with Crippen LogP contribution in [0.1, 0.15) is 77.0 Å². The predicted octanol–water partition coefficient (Wildman–Crippen LogP) is -0.0799. The second kappa shape index (κ2) is 42.3. The van der Waals surface area contributed by atoms with Gasteiger partial charge < -0.3 is 70.1 Å². The summed E-state index contributed by atoms with van der Waals surface area (Å²) in [6.45, 7) is 2.88. The fraction of sp³-hybridized carbons (Fsp3) is 0.913. The van der Waals surface area contributed by atoms with Gasteiger partial charge in [0, 0.05) is 37.9 Å². The molecule has 0 bridgehead atoms. The third-order valence-corrected chi connectivity index (χ3v) is 4.54. The second-order valence-corrected chi connectivity index (χ2v) is 8.24. The highest BCUT2D eigenvalue weighted by atomic mass is 16.6. The van der Waals surface area contributed by atoms with Crippen LogP contribution in [0, 0.1) is 0 Å². The molecule has 0 aromatic rings. The van der Waals surface area contributed by atoms with E-state index in [2.05, 4.69) is 0 Å². The van der Waals surface area contributed by atoms with Crippen LogP contribution in [0.2, 0.25) is 0 Å². The maximum atomic E-state index is 8.56. The van der Waals surface area contributed by atoms with Crippen molar-refractivity contribution in [2.45, 2.75) is 95.2 Å². The van der Waals surface area contributed by atoms with Gasteiger partial charge >= 0.3 is 12.3 Å². The molecule has 0 aromatic heterocycles. The number of hydrogen-bond donors (Lipinski definition) is 13. The van der Waals surface area contributed by atoms with Gasteiger partial charge in [-0.1, -0.05) is 0 Å². The average molecular weight is 563 g/mol. The molecule has 3 atom stereocenters. The lowest BCUT2D eigenvalue weighted by molar-refractivity contribution is 0.135. The van der Waals surface area contributed by atoms with Crippen molar-refractivity contribution < 1.29 is 45.3 Å². The smallest absolute Gasteiger partial charge is 0.450 e. The minimum Gasteiger partial charge on any atom is -0.450 e. The van der Waals surface area contributed by atoms with E-state index in [9.17, 15) is 0 Å². The molecule has 0 aromatic carbocycles. The molecule has 0 radical (unpaired) electrons. The van der Waals surface area contributed by atoms with Gasteiger partial charge in [-0.3, -0.25) is 0 Å². The van der Waals surface area contributed by atoms with Crippen LogP contribution in [-0.4, -0.2) is 106 Å². The molecule has 0 rings (SSSR count). The fourth-order valence-corrected chi connectivity index (χ4v) is 2.63. The van der Waals surface area contributed by atoms with E-state index in [-0.39, 0.29) is 37.9 Å². The van der Waals surface area contributed by atoms with Gasteiger partial charge in [0.15, 0.2) is 0 Å². The maximum Gasteiger partial charge on any atom is 0.503 e. The lowest BCUT2D eigenvalue weighted by Crippen LogP contribution is -2.21. The lowest BCUT2D eigenvalue weighted by atomic mass is 10.1. The topological polar surface area (TPSA) is 332 Å². The van der Waals surface area contributed by atoms with E-state index in [4.69, 9.17) is 79.7 Å². The van der Waals surface area contributed by atoms with Crippen LogP contribution in [0.3, 0.4) is 0 Å². The summed E-state index contributed by atoms with van der Waals surface area (Å²) >= 11 is 0. The van der Waals surface area contributed by atoms with Crippen LogP contribution in [0.4, 0.5) is 9.59 Å². The van der Waals surface area contributed by atoms with Crippen LogP contribution in [0.15, 0.2) is 0 Å². The van der Waals surface area contributed by atoms with Gasteiger partial charge in [-0.25, -0.2) is 9.59 Å². The van der Waals surface area contributed by atoms with Gasteiger partial charge in [-0.15, -0.1) is 0 Å². The van der Waals surface area contributed by atoms with Crippen molar-refractivity contribution in [1.82, 2.24) is 0 Å². The molecule has 19 N–H and O–H groups in total. The van der Waals surface area contributed by atoms with Crippen molar-refractivity contribution in [1.29, 1.82) is 0 Å². The van der Waals surface area contributed by atoms with Gasteiger partial charge in [0.1, 0.15) is 0 Å². The second-order valence-electron chi connectivity index (χ2n) is 8.24. The Labute approximate surface area is 227 Å². The molecule has 38 heavy (non-hydrogen) atoms. The van der Waals surface area contributed by atoms with Gasteiger partial charge in [-0.2, -0.15) is 0 Å². The Kier molecular flexibility index (Phi) is 51.2. The molecule has 0 fully saturated rings. The SMILES string of the molecule is NCCCC(N)CCCO.NCCCC(N)CCCO.NCCCC(N)CCCO.O=C(O)O.O=C(O)O. The van der Waals surface area contributed by atoms with Gasteiger partial charge in [0.2, 0.25) is 0 Å². The summed E-state index contributed by atoms with van der Waals surface area (Å²) < 4.78 is 0. The van der Waals surface area contributed by atoms with Crippen LogP contribution in [-0.2, 0) is 0 Å². The molecular weight excluding hydrogens is 504 g/mol. The summed E-state index contributed by atoms with van der Waals surface area (Å²) in [5.74, 6) is 0. The summed E-state index contributed by atoms with van der Waals surface area (Å²) in [5, 5.41) is 53.3. The Hall–Kier alpha value is -1.82. The van der Waals surface area contributed by atoms with E-state index < -0.39 is 12.3 Å². The van der Waals surface area contributed by atoms with Gasteiger partial charge in [0.25, 0.3) is 0 Å². The van der Waals surface area contributed by atoms with Crippen LogP contribution in [0.5, 0.6) is 0 Å². The van der Waals surface area contributed by atoms with Crippen LogP contribution in [0.25, 0.3) is 0 Å². The summed E-state index contributed by atoms with van der Waals surface area (Å²) in [6.07, 6.45) is 7.43. The highest BCUT2D eigenvalue weighted by molar-refractivity contribution is 5.53. The number of aliphatic hydroxyl groups is 3. The highest BCUT2D eigenvalue weighted by Crippen LogP contribution is 2.01. The normalized spacial score (nSPS) is 11.9. The third-order valence-electron chi connectivity index (χ3n) is 4.54. The Morgan fingerprint density at radius 1 is 0.447 bits per heavy atom. The predicted molar refractivity (Wildman–Crippen MR) is 149 cm³/mol. The molecule has 0 spiro atoms. The summed E-state index contributed by atoms with van der Waals surface area (Å²) in [7, 11) is 0. The lowest BCUT2D eigenvalue weighted by Gasteiger charge is -2.08. The van der Waals surface area contributed by atoms with Crippen molar-refractivity contribution >= 4 is 12.3 Å². The van der Waals surface area contributed by atoms with Crippen molar-refractivity contribution in [3.05, 3.63) is 0 Å². The first-order chi connectivity index (χ1) is 17.9. The quantitative estimate of drug-likeness (QED) is 0.104. The number of hydrogen-bond acceptors (Lipinski definition) is 11.